The summed E-state index contributed by atoms with van der Waals surface area (Å²) in [5.41, 5.74) is 0.712. The number of amides is 2. The first-order valence-electron chi connectivity index (χ1n) is 10.5. The Labute approximate surface area is 169 Å². The monoisotopic (exact) mass is 401 g/mol. The molecule has 2 heterocycles. The zero-order chi connectivity index (χ0) is 20.4. The first-order chi connectivity index (χ1) is 14.0. The number of carbonyl (C=O) groups excluding carboxylic acids is 1. The van der Waals surface area contributed by atoms with Crippen LogP contribution in [0, 0.1) is 5.82 Å². The average molecular weight is 401 g/mol. The lowest BCUT2D eigenvalue weighted by Crippen LogP contribution is -2.44. The van der Waals surface area contributed by atoms with Gasteiger partial charge < -0.3 is 10.2 Å². The highest BCUT2D eigenvalue weighted by Crippen LogP contribution is 2.33. The Morgan fingerprint density at radius 1 is 1.21 bits per heavy atom. The largest absolute Gasteiger partial charge is 0.345 e. The van der Waals surface area contributed by atoms with E-state index in [0.717, 1.165) is 49.9 Å². The number of rotatable bonds is 4. The van der Waals surface area contributed by atoms with E-state index in [1.807, 2.05) is 4.57 Å². The van der Waals surface area contributed by atoms with Crippen LogP contribution in [0.1, 0.15) is 61.9 Å². The predicted octanol–water partition coefficient (Wildman–Crippen LogP) is 2.93. The molecule has 0 bridgehead atoms. The third-order valence-electron chi connectivity index (χ3n) is 6.15. The number of aromatic nitrogens is 3. The molecular weight excluding hydrogens is 373 g/mol. The Hall–Kier alpha value is -2.64. The van der Waals surface area contributed by atoms with Crippen LogP contribution in [0.3, 0.4) is 0 Å². The van der Waals surface area contributed by atoms with Crippen molar-refractivity contribution in [2.24, 2.45) is 7.05 Å². The van der Waals surface area contributed by atoms with E-state index in [9.17, 15) is 14.0 Å². The fraction of sp³-hybridized carbons (Fsp3) is 0.571. The molecule has 1 saturated carbocycles. The minimum atomic E-state index is -0.304. The Balaban J connectivity index is 1.36. The molecule has 2 aromatic rings. The van der Waals surface area contributed by atoms with Crippen LogP contribution in [0.25, 0.3) is 0 Å². The van der Waals surface area contributed by atoms with Crippen LogP contribution < -0.4 is 11.0 Å². The van der Waals surface area contributed by atoms with Gasteiger partial charge in [0.1, 0.15) is 11.6 Å². The molecule has 2 aliphatic rings. The van der Waals surface area contributed by atoms with Crippen molar-refractivity contribution >= 4 is 6.03 Å². The predicted molar refractivity (Wildman–Crippen MR) is 107 cm³/mol. The lowest BCUT2D eigenvalue weighted by atomic mass is 9.95. The number of hydrogen-bond acceptors (Lipinski definition) is 3. The Morgan fingerprint density at radius 2 is 1.93 bits per heavy atom. The van der Waals surface area contributed by atoms with E-state index in [2.05, 4.69) is 10.4 Å². The van der Waals surface area contributed by atoms with Crippen LogP contribution >= 0.6 is 0 Å². The standard InChI is InChI=1S/C21H28FN5O2/c1-25-21(29)27(18-7-2-3-8-18)19(24-25)16-9-11-26(12-10-16)20(28)23-14-15-5-4-6-17(22)13-15/h4-6,13,16,18H,2-3,7-12,14H2,1H3,(H,23,28). The summed E-state index contributed by atoms with van der Waals surface area (Å²) in [6.07, 6.45) is 5.98. The Morgan fingerprint density at radius 3 is 2.62 bits per heavy atom. The van der Waals surface area contributed by atoms with Gasteiger partial charge in [0.15, 0.2) is 0 Å². The molecule has 7 nitrogen and oxygen atoms in total. The van der Waals surface area contributed by atoms with Gasteiger partial charge in [0.2, 0.25) is 0 Å². The first kappa shape index (κ1) is 19.7. The number of urea groups is 1. The quantitative estimate of drug-likeness (QED) is 0.856. The van der Waals surface area contributed by atoms with Gasteiger partial charge in [-0.3, -0.25) is 4.57 Å². The molecule has 0 unspecified atom stereocenters. The van der Waals surface area contributed by atoms with Gasteiger partial charge in [-0.25, -0.2) is 18.7 Å². The molecule has 1 N–H and O–H groups in total. The summed E-state index contributed by atoms with van der Waals surface area (Å²) in [7, 11) is 1.71. The van der Waals surface area contributed by atoms with Crippen LogP contribution in [0.4, 0.5) is 9.18 Å². The average Bonchev–Trinajstić information content (AvgIpc) is 3.35. The number of hydrogen-bond donors (Lipinski definition) is 1. The van der Waals surface area contributed by atoms with Crippen molar-refractivity contribution in [1.29, 1.82) is 0 Å². The zero-order valence-electron chi connectivity index (χ0n) is 16.8. The number of carbonyl (C=O) groups is 1. The van der Waals surface area contributed by atoms with Gasteiger partial charge in [0.05, 0.1) is 0 Å². The Bertz CT molecular complexity index is 923. The van der Waals surface area contributed by atoms with Crippen LogP contribution in [0.15, 0.2) is 29.1 Å². The molecule has 1 aliphatic carbocycles. The summed E-state index contributed by atoms with van der Waals surface area (Å²) in [5, 5.41) is 7.41. The van der Waals surface area contributed by atoms with Crippen LogP contribution in [-0.2, 0) is 13.6 Å². The third-order valence-corrected chi connectivity index (χ3v) is 6.15. The molecular formula is C21H28FN5O2. The van der Waals surface area contributed by atoms with E-state index in [0.29, 0.717) is 19.6 Å². The second kappa shape index (κ2) is 8.39. The van der Waals surface area contributed by atoms with Gasteiger partial charge in [-0.2, -0.15) is 5.10 Å². The molecule has 1 aliphatic heterocycles. The molecule has 156 valence electrons. The van der Waals surface area contributed by atoms with Crippen LogP contribution in [-0.4, -0.2) is 38.4 Å². The van der Waals surface area contributed by atoms with Gasteiger partial charge in [-0.1, -0.05) is 25.0 Å². The normalized spacial score (nSPS) is 18.3. The van der Waals surface area contributed by atoms with Gasteiger partial charge in [-0.15, -0.1) is 0 Å². The maximum Gasteiger partial charge on any atom is 0.345 e. The molecule has 0 atom stereocenters. The number of likely N-dealkylation sites (tertiary alicyclic amines) is 1. The van der Waals surface area contributed by atoms with Crippen molar-refractivity contribution in [2.75, 3.05) is 13.1 Å². The molecule has 2 fully saturated rings. The smallest absolute Gasteiger partial charge is 0.334 e. The van der Waals surface area contributed by atoms with Crippen molar-refractivity contribution < 1.29 is 9.18 Å². The summed E-state index contributed by atoms with van der Waals surface area (Å²) in [4.78, 5) is 26.9. The summed E-state index contributed by atoms with van der Waals surface area (Å²) in [6.45, 7) is 1.54. The van der Waals surface area contributed by atoms with Crippen molar-refractivity contribution in [3.63, 3.8) is 0 Å². The molecule has 0 spiro atoms. The van der Waals surface area contributed by atoms with Crippen molar-refractivity contribution in [2.45, 2.75) is 57.0 Å². The molecule has 0 radical (unpaired) electrons. The molecule has 1 saturated heterocycles. The van der Waals surface area contributed by atoms with Crippen molar-refractivity contribution in [3.05, 3.63) is 52.0 Å². The zero-order valence-corrected chi connectivity index (χ0v) is 16.8. The number of nitrogens with one attached hydrogen (secondary N) is 1. The fourth-order valence-electron chi connectivity index (χ4n) is 4.56. The summed E-state index contributed by atoms with van der Waals surface area (Å²) < 4.78 is 16.6. The molecule has 8 heteroatoms. The van der Waals surface area contributed by atoms with E-state index in [1.54, 1.807) is 24.1 Å². The van der Waals surface area contributed by atoms with Crippen molar-refractivity contribution in [1.82, 2.24) is 24.6 Å². The number of nitrogens with zero attached hydrogens (tertiary/aromatic N) is 4. The van der Waals surface area contributed by atoms with E-state index in [4.69, 9.17) is 0 Å². The van der Waals surface area contributed by atoms with E-state index < -0.39 is 0 Å². The second-order valence-electron chi connectivity index (χ2n) is 8.12. The number of benzene rings is 1. The van der Waals surface area contributed by atoms with Crippen LogP contribution in [0.2, 0.25) is 0 Å². The molecule has 1 aromatic heterocycles. The highest BCUT2D eigenvalue weighted by molar-refractivity contribution is 5.74. The van der Waals surface area contributed by atoms with Gasteiger partial charge in [0, 0.05) is 38.6 Å². The van der Waals surface area contributed by atoms with Crippen LogP contribution in [0.5, 0.6) is 0 Å². The minimum Gasteiger partial charge on any atom is -0.334 e. The number of piperidine rings is 1. The second-order valence-corrected chi connectivity index (χ2v) is 8.12. The highest BCUT2D eigenvalue weighted by atomic mass is 19.1. The number of aryl methyl sites for hydroxylation is 1. The van der Waals surface area contributed by atoms with E-state index >= 15 is 0 Å². The van der Waals surface area contributed by atoms with Gasteiger partial charge in [0.25, 0.3) is 0 Å². The minimum absolute atomic E-state index is 0.0258. The van der Waals surface area contributed by atoms with Crippen molar-refractivity contribution in [3.8, 4) is 0 Å². The molecule has 29 heavy (non-hydrogen) atoms. The van der Waals surface area contributed by atoms with E-state index in [1.165, 1.54) is 16.8 Å². The molecule has 2 amide bonds. The summed E-state index contributed by atoms with van der Waals surface area (Å²) in [5.74, 6) is 0.766. The number of halogens is 1. The summed E-state index contributed by atoms with van der Waals surface area (Å²) in [6, 6.07) is 6.37. The van der Waals surface area contributed by atoms with Gasteiger partial charge >= 0.3 is 11.7 Å². The topological polar surface area (TPSA) is 72.2 Å². The first-order valence-corrected chi connectivity index (χ1v) is 10.5. The lowest BCUT2D eigenvalue weighted by Gasteiger charge is -2.32. The third kappa shape index (κ3) is 4.21. The summed E-state index contributed by atoms with van der Waals surface area (Å²) >= 11 is 0. The van der Waals surface area contributed by atoms with Gasteiger partial charge in [-0.05, 0) is 43.4 Å². The van der Waals surface area contributed by atoms with E-state index in [-0.39, 0.29) is 29.5 Å². The lowest BCUT2D eigenvalue weighted by molar-refractivity contribution is 0.179. The molecule has 4 rings (SSSR count). The maximum absolute atomic E-state index is 13.3. The molecule has 1 aromatic carbocycles. The maximum atomic E-state index is 13.3. The fourth-order valence-corrected chi connectivity index (χ4v) is 4.56. The highest BCUT2D eigenvalue weighted by Gasteiger charge is 2.31. The SMILES string of the molecule is Cn1nc(C2CCN(C(=O)NCc3cccc(F)c3)CC2)n(C2CCCC2)c1=O. The Kier molecular flexibility index (Phi) is 5.69.